The molecule has 1 aliphatic rings. The Bertz CT molecular complexity index is 642. The molecule has 0 bridgehead atoms. The van der Waals surface area contributed by atoms with Gasteiger partial charge in [0.2, 0.25) is 0 Å². The first-order valence-electron chi connectivity index (χ1n) is 7.88. The van der Waals surface area contributed by atoms with Gasteiger partial charge in [-0.3, -0.25) is 10.2 Å². The summed E-state index contributed by atoms with van der Waals surface area (Å²) in [4.78, 5) is 14.3. The number of carbonyl (C=O) groups is 1. The maximum absolute atomic E-state index is 13.2. The standard InChI is InChI=1S/C17H20FN3O2S/c18-14-5-3-13(4-6-14)15(21-7-9-23-10-8-21)12-19-17(22)20-16-2-1-11-24-16/h1-6,11,15H,7-10,12H2,(H2,19,20,22)/t15-/m0/s1. The maximum atomic E-state index is 13.2. The molecule has 1 saturated heterocycles. The summed E-state index contributed by atoms with van der Waals surface area (Å²) in [5.74, 6) is -0.261. The highest BCUT2D eigenvalue weighted by Crippen LogP contribution is 2.22. The Hall–Kier alpha value is -1.96. The van der Waals surface area contributed by atoms with Crippen LogP contribution in [-0.4, -0.2) is 43.8 Å². The van der Waals surface area contributed by atoms with Gasteiger partial charge in [-0.15, -0.1) is 11.3 Å². The highest BCUT2D eigenvalue weighted by Gasteiger charge is 2.23. The molecule has 1 atom stereocenters. The van der Waals surface area contributed by atoms with Crippen LogP contribution in [-0.2, 0) is 4.74 Å². The minimum Gasteiger partial charge on any atom is -0.379 e. The van der Waals surface area contributed by atoms with Crippen molar-refractivity contribution in [2.24, 2.45) is 0 Å². The third-order valence-electron chi connectivity index (χ3n) is 3.96. The Balaban J connectivity index is 1.65. The van der Waals surface area contributed by atoms with Gasteiger partial charge in [-0.2, -0.15) is 0 Å². The number of carbonyl (C=O) groups excluding carboxylic acids is 1. The average molecular weight is 349 g/mol. The van der Waals surface area contributed by atoms with Gasteiger partial charge in [-0.05, 0) is 35.2 Å². The summed E-state index contributed by atoms with van der Waals surface area (Å²) in [6.45, 7) is 3.35. The molecule has 2 amide bonds. The average Bonchev–Trinajstić information content (AvgIpc) is 3.10. The molecule has 0 unspecified atom stereocenters. The summed E-state index contributed by atoms with van der Waals surface area (Å²) in [7, 11) is 0. The van der Waals surface area contributed by atoms with Gasteiger partial charge >= 0.3 is 6.03 Å². The molecule has 2 N–H and O–H groups in total. The van der Waals surface area contributed by atoms with Gasteiger partial charge in [0.05, 0.1) is 24.3 Å². The predicted molar refractivity (Wildman–Crippen MR) is 92.9 cm³/mol. The van der Waals surface area contributed by atoms with Crippen molar-refractivity contribution in [1.29, 1.82) is 0 Å². The van der Waals surface area contributed by atoms with Crippen LogP contribution in [0, 0.1) is 5.82 Å². The number of urea groups is 1. The number of ether oxygens (including phenoxy) is 1. The molecule has 3 rings (SSSR count). The lowest BCUT2D eigenvalue weighted by Gasteiger charge is -2.34. The second-order valence-electron chi connectivity index (χ2n) is 5.53. The summed E-state index contributed by atoms with van der Waals surface area (Å²) >= 11 is 1.47. The lowest BCUT2D eigenvalue weighted by molar-refractivity contribution is 0.0167. The first-order valence-corrected chi connectivity index (χ1v) is 8.76. The van der Waals surface area contributed by atoms with Crippen LogP contribution in [0.25, 0.3) is 0 Å². The van der Waals surface area contributed by atoms with Crippen molar-refractivity contribution < 1.29 is 13.9 Å². The largest absolute Gasteiger partial charge is 0.379 e. The van der Waals surface area contributed by atoms with Crippen LogP contribution in [0.1, 0.15) is 11.6 Å². The Kier molecular flexibility index (Phi) is 5.79. The fourth-order valence-electron chi connectivity index (χ4n) is 2.73. The van der Waals surface area contributed by atoms with Crippen LogP contribution < -0.4 is 10.6 Å². The Labute approximate surface area is 144 Å². The molecule has 2 heterocycles. The van der Waals surface area contributed by atoms with E-state index in [2.05, 4.69) is 15.5 Å². The van der Waals surface area contributed by atoms with Gasteiger partial charge in [-0.1, -0.05) is 12.1 Å². The summed E-state index contributed by atoms with van der Waals surface area (Å²) in [5, 5.41) is 8.43. The van der Waals surface area contributed by atoms with Gasteiger partial charge < -0.3 is 10.1 Å². The van der Waals surface area contributed by atoms with E-state index in [9.17, 15) is 9.18 Å². The van der Waals surface area contributed by atoms with Crippen molar-refractivity contribution in [3.05, 3.63) is 53.2 Å². The van der Waals surface area contributed by atoms with Crippen molar-refractivity contribution in [3.8, 4) is 0 Å². The van der Waals surface area contributed by atoms with Crippen molar-refractivity contribution in [3.63, 3.8) is 0 Å². The van der Waals surface area contributed by atoms with E-state index in [1.54, 1.807) is 12.1 Å². The predicted octanol–water partition coefficient (Wildman–Crippen LogP) is 3.08. The molecule has 128 valence electrons. The van der Waals surface area contributed by atoms with E-state index >= 15 is 0 Å². The zero-order chi connectivity index (χ0) is 16.8. The number of hydrogen-bond acceptors (Lipinski definition) is 4. The topological polar surface area (TPSA) is 53.6 Å². The van der Waals surface area contributed by atoms with Crippen molar-refractivity contribution >= 4 is 22.4 Å². The van der Waals surface area contributed by atoms with E-state index in [0.29, 0.717) is 19.8 Å². The van der Waals surface area contributed by atoms with E-state index in [1.165, 1.54) is 23.5 Å². The summed E-state index contributed by atoms with van der Waals surface area (Å²) in [5.41, 5.74) is 0.981. The third kappa shape index (κ3) is 4.53. The fourth-order valence-corrected chi connectivity index (χ4v) is 3.34. The molecule has 24 heavy (non-hydrogen) atoms. The van der Waals surface area contributed by atoms with Crippen LogP contribution in [0.2, 0.25) is 0 Å². The molecule has 2 aromatic rings. The summed E-state index contributed by atoms with van der Waals surface area (Å²) < 4.78 is 18.6. The second kappa shape index (κ2) is 8.23. The number of anilines is 1. The van der Waals surface area contributed by atoms with Crippen molar-refractivity contribution in [2.75, 3.05) is 38.2 Å². The fraction of sp³-hybridized carbons (Fsp3) is 0.353. The van der Waals surface area contributed by atoms with Crippen LogP contribution in [0.5, 0.6) is 0 Å². The SMILES string of the molecule is O=C(NC[C@@H](c1ccc(F)cc1)N1CCOCC1)Nc1cccs1. The number of thiophene rings is 1. The molecule has 7 heteroatoms. The molecule has 0 radical (unpaired) electrons. The van der Waals surface area contributed by atoms with Crippen molar-refractivity contribution in [1.82, 2.24) is 10.2 Å². The van der Waals surface area contributed by atoms with Gasteiger partial charge in [0.1, 0.15) is 5.82 Å². The summed E-state index contributed by atoms with van der Waals surface area (Å²) in [6, 6.07) is 9.94. The van der Waals surface area contributed by atoms with E-state index in [1.807, 2.05) is 17.5 Å². The molecular formula is C17H20FN3O2S. The normalized spacial score (nSPS) is 16.5. The van der Waals surface area contributed by atoms with E-state index in [4.69, 9.17) is 4.74 Å². The molecule has 1 aliphatic heterocycles. The van der Waals surface area contributed by atoms with E-state index in [0.717, 1.165) is 23.7 Å². The number of rotatable bonds is 5. The van der Waals surface area contributed by atoms with Crippen LogP contribution in [0.4, 0.5) is 14.2 Å². The maximum Gasteiger partial charge on any atom is 0.319 e. The molecule has 0 aliphatic carbocycles. The number of amides is 2. The smallest absolute Gasteiger partial charge is 0.319 e. The van der Waals surface area contributed by atoms with Crippen LogP contribution >= 0.6 is 11.3 Å². The highest BCUT2D eigenvalue weighted by molar-refractivity contribution is 7.14. The molecule has 1 fully saturated rings. The Morgan fingerprint density at radius 1 is 1.25 bits per heavy atom. The molecule has 0 saturated carbocycles. The molecule has 1 aromatic heterocycles. The highest BCUT2D eigenvalue weighted by atomic mass is 32.1. The number of benzene rings is 1. The molecule has 0 spiro atoms. The monoisotopic (exact) mass is 349 g/mol. The molecule has 1 aromatic carbocycles. The lowest BCUT2D eigenvalue weighted by Crippen LogP contribution is -2.44. The Morgan fingerprint density at radius 3 is 2.67 bits per heavy atom. The number of hydrogen-bond donors (Lipinski definition) is 2. The zero-order valence-corrected chi connectivity index (χ0v) is 14.0. The quantitative estimate of drug-likeness (QED) is 0.872. The minimum absolute atomic E-state index is 0.0106. The number of halogens is 1. The molecule has 5 nitrogen and oxygen atoms in total. The first-order chi connectivity index (χ1) is 11.7. The molecular weight excluding hydrogens is 329 g/mol. The second-order valence-corrected chi connectivity index (χ2v) is 6.48. The minimum atomic E-state index is -0.261. The third-order valence-corrected chi connectivity index (χ3v) is 4.74. The van der Waals surface area contributed by atoms with Crippen LogP contribution in [0.15, 0.2) is 41.8 Å². The van der Waals surface area contributed by atoms with Gasteiger partial charge in [0, 0.05) is 19.6 Å². The van der Waals surface area contributed by atoms with Crippen molar-refractivity contribution in [2.45, 2.75) is 6.04 Å². The zero-order valence-electron chi connectivity index (χ0n) is 13.2. The van der Waals surface area contributed by atoms with Gasteiger partial charge in [0.15, 0.2) is 0 Å². The van der Waals surface area contributed by atoms with Gasteiger partial charge in [0.25, 0.3) is 0 Å². The first kappa shape index (κ1) is 16.9. The lowest BCUT2D eigenvalue weighted by atomic mass is 10.0. The van der Waals surface area contributed by atoms with Gasteiger partial charge in [-0.25, -0.2) is 9.18 Å². The Morgan fingerprint density at radius 2 is 2.00 bits per heavy atom. The van der Waals surface area contributed by atoms with E-state index < -0.39 is 0 Å². The number of nitrogens with one attached hydrogen (secondary N) is 2. The van der Waals surface area contributed by atoms with E-state index in [-0.39, 0.29) is 17.9 Å². The summed E-state index contributed by atoms with van der Waals surface area (Å²) in [6.07, 6.45) is 0. The van der Waals surface area contributed by atoms with Crippen LogP contribution in [0.3, 0.4) is 0 Å². The number of nitrogens with zero attached hydrogens (tertiary/aromatic N) is 1. The number of morpholine rings is 1.